The van der Waals surface area contributed by atoms with E-state index in [4.69, 9.17) is 43.6 Å². The Bertz CT molecular complexity index is 1250. The van der Waals surface area contributed by atoms with Crippen LogP contribution in [0.15, 0.2) is 60.7 Å². The third kappa shape index (κ3) is 9.24. The zero-order valence-electron chi connectivity index (χ0n) is 26.2. The molecule has 12 nitrogen and oxygen atoms in total. The number of hydrogen-bond acceptors (Lipinski definition) is 11. The monoisotopic (exact) mass is 629 g/mol. The van der Waals surface area contributed by atoms with E-state index in [1.165, 1.54) is 13.8 Å². The first-order chi connectivity index (χ1) is 21.6. The maximum atomic E-state index is 12.3. The normalized spacial score (nSPS) is 31.5. The van der Waals surface area contributed by atoms with E-state index in [1.807, 2.05) is 74.5 Å². The quantitative estimate of drug-likeness (QED) is 0.268. The lowest BCUT2D eigenvalue weighted by Crippen LogP contribution is -2.64. The molecule has 2 saturated heterocycles. The molecule has 246 valence electrons. The zero-order valence-corrected chi connectivity index (χ0v) is 26.2. The molecule has 1 amide bonds. The zero-order chi connectivity index (χ0) is 32.5. The van der Waals surface area contributed by atoms with E-state index < -0.39 is 67.2 Å². The van der Waals surface area contributed by atoms with E-state index in [-0.39, 0.29) is 25.2 Å². The van der Waals surface area contributed by atoms with Crippen LogP contribution in [0.4, 0.5) is 4.79 Å². The van der Waals surface area contributed by atoms with Gasteiger partial charge in [0, 0.05) is 19.8 Å². The van der Waals surface area contributed by atoms with Crippen LogP contribution in [0.2, 0.25) is 0 Å². The number of esters is 2. The Hall–Kier alpha value is -3.55. The SMILES string of the molecule is CC[C@@H]1OC(OCc2ccccc2)[C@@H](OC2O[C@H](C)[C@@H](OC(C)=O)[C@H](OC(N)=O)[C@@H]2OC(C)=O)[C@@H](OCc2ccccc2)[C@@H]1C. The summed E-state index contributed by atoms with van der Waals surface area (Å²) in [7, 11) is 0. The molecule has 45 heavy (non-hydrogen) atoms. The van der Waals surface area contributed by atoms with Crippen molar-refractivity contribution in [3.8, 4) is 0 Å². The van der Waals surface area contributed by atoms with Crippen molar-refractivity contribution in [3.63, 3.8) is 0 Å². The Morgan fingerprint density at radius 2 is 1.24 bits per heavy atom. The van der Waals surface area contributed by atoms with Crippen LogP contribution in [-0.4, -0.2) is 73.3 Å². The number of nitrogens with two attached hydrogens (primary N) is 1. The van der Waals surface area contributed by atoms with Crippen LogP contribution in [0, 0.1) is 5.92 Å². The number of rotatable bonds is 12. The fraction of sp³-hybridized carbons (Fsp3) is 0.545. The van der Waals surface area contributed by atoms with E-state index in [0.29, 0.717) is 6.42 Å². The Labute approximate surface area is 263 Å². The van der Waals surface area contributed by atoms with Crippen LogP contribution in [-0.2, 0) is 60.7 Å². The second kappa shape index (κ2) is 16.1. The van der Waals surface area contributed by atoms with Gasteiger partial charge in [0.1, 0.15) is 6.10 Å². The van der Waals surface area contributed by atoms with Crippen molar-refractivity contribution in [2.24, 2.45) is 11.7 Å². The highest BCUT2D eigenvalue weighted by Gasteiger charge is 2.54. The van der Waals surface area contributed by atoms with Gasteiger partial charge in [-0.3, -0.25) is 9.59 Å². The van der Waals surface area contributed by atoms with Crippen LogP contribution in [0.5, 0.6) is 0 Å². The van der Waals surface area contributed by atoms with Gasteiger partial charge in [-0.25, -0.2) is 4.79 Å². The summed E-state index contributed by atoms with van der Waals surface area (Å²) in [5, 5.41) is 0. The molecule has 2 N–H and O–H groups in total. The van der Waals surface area contributed by atoms with Gasteiger partial charge < -0.3 is 43.6 Å². The maximum absolute atomic E-state index is 12.3. The Morgan fingerprint density at radius 1 is 0.689 bits per heavy atom. The van der Waals surface area contributed by atoms with E-state index >= 15 is 0 Å². The molecule has 0 aliphatic carbocycles. The summed E-state index contributed by atoms with van der Waals surface area (Å²) < 4.78 is 48.4. The molecule has 2 heterocycles. The number of primary amides is 1. The van der Waals surface area contributed by atoms with Gasteiger partial charge in [-0.2, -0.15) is 0 Å². The van der Waals surface area contributed by atoms with Crippen molar-refractivity contribution in [3.05, 3.63) is 71.8 Å². The average molecular weight is 630 g/mol. The largest absolute Gasteiger partial charge is 0.456 e. The van der Waals surface area contributed by atoms with Crippen molar-refractivity contribution < 1.29 is 52.3 Å². The summed E-state index contributed by atoms with van der Waals surface area (Å²) >= 11 is 0. The summed E-state index contributed by atoms with van der Waals surface area (Å²) in [6, 6.07) is 19.3. The lowest BCUT2D eigenvalue weighted by atomic mass is 9.88. The molecule has 0 aromatic heterocycles. The highest BCUT2D eigenvalue weighted by molar-refractivity contribution is 5.68. The molecule has 4 rings (SSSR count). The molecule has 2 aromatic carbocycles. The van der Waals surface area contributed by atoms with Crippen molar-refractivity contribution in [1.82, 2.24) is 0 Å². The predicted octanol–water partition coefficient (Wildman–Crippen LogP) is 4.02. The van der Waals surface area contributed by atoms with Gasteiger partial charge in [0.2, 0.25) is 0 Å². The molecule has 0 radical (unpaired) electrons. The second-order valence-electron chi connectivity index (χ2n) is 11.2. The van der Waals surface area contributed by atoms with Gasteiger partial charge in [0.15, 0.2) is 30.9 Å². The summed E-state index contributed by atoms with van der Waals surface area (Å²) in [6.45, 7) is 8.54. The lowest BCUT2D eigenvalue weighted by Gasteiger charge is -2.48. The number of ether oxygens (including phenoxy) is 8. The number of hydrogen-bond donors (Lipinski definition) is 1. The highest BCUT2D eigenvalue weighted by Crippen LogP contribution is 2.37. The number of benzene rings is 2. The molecule has 2 aromatic rings. The first-order valence-corrected chi connectivity index (χ1v) is 15.1. The minimum absolute atomic E-state index is 0.153. The van der Waals surface area contributed by atoms with Gasteiger partial charge in [0.05, 0.1) is 31.5 Å². The van der Waals surface area contributed by atoms with Crippen LogP contribution in [0.3, 0.4) is 0 Å². The summed E-state index contributed by atoms with van der Waals surface area (Å²) in [5.41, 5.74) is 7.27. The smallest absolute Gasteiger partial charge is 0.405 e. The Morgan fingerprint density at radius 3 is 1.78 bits per heavy atom. The van der Waals surface area contributed by atoms with Crippen LogP contribution in [0.1, 0.15) is 52.2 Å². The second-order valence-corrected chi connectivity index (χ2v) is 11.2. The Kier molecular flexibility index (Phi) is 12.3. The summed E-state index contributed by atoms with van der Waals surface area (Å²) in [6.07, 6.45) is -9.08. The maximum Gasteiger partial charge on any atom is 0.405 e. The molecule has 10 atom stereocenters. The molecule has 0 saturated carbocycles. The molecule has 2 fully saturated rings. The first-order valence-electron chi connectivity index (χ1n) is 15.1. The summed E-state index contributed by atoms with van der Waals surface area (Å²) in [5.74, 6) is -1.52. The van der Waals surface area contributed by atoms with Gasteiger partial charge in [-0.05, 0) is 24.5 Å². The van der Waals surface area contributed by atoms with Crippen LogP contribution in [0.25, 0.3) is 0 Å². The minimum Gasteiger partial charge on any atom is -0.456 e. The lowest BCUT2D eigenvalue weighted by molar-refractivity contribution is -0.363. The first kappa shape index (κ1) is 34.3. The minimum atomic E-state index is -1.36. The molecular weight excluding hydrogens is 586 g/mol. The third-order valence-electron chi connectivity index (χ3n) is 7.83. The van der Waals surface area contributed by atoms with Crippen molar-refractivity contribution >= 4 is 18.0 Å². The van der Waals surface area contributed by atoms with Crippen LogP contribution < -0.4 is 5.73 Å². The van der Waals surface area contributed by atoms with Crippen molar-refractivity contribution in [2.75, 3.05) is 0 Å². The number of carbonyl (C=O) groups is 3. The van der Waals surface area contributed by atoms with Crippen molar-refractivity contribution in [1.29, 1.82) is 0 Å². The van der Waals surface area contributed by atoms with Crippen LogP contribution >= 0.6 is 0 Å². The molecule has 0 bridgehead atoms. The molecular formula is C33H43NO11. The van der Waals surface area contributed by atoms with Gasteiger partial charge in [-0.15, -0.1) is 0 Å². The number of amides is 1. The van der Waals surface area contributed by atoms with E-state index in [2.05, 4.69) is 0 Å². The van der Waals surface area contributed by atoms with E-state index in [0.717, 1.165) is 11.1 Å². The summed E-state index contributed by atoms with van der Waals surface area (Å²) in [4.78, 5) is 36.2. The molecule has 0 spiro atoms. The standard InChI is InChI=1S/C33H43NO11/c1-6-25-19(2)26(38-17-23-13-9-7-10-14-23)29(31(43-25)39-18-24-15-11-8-12-16-24)44-32-30(42-22(5)36)28(45-33(34)37)27(20(3)40-32)41-21(4)35/h7-16,19-20,25-32H,6,17-18H2,1-5H3,(H2,34,37)/t19-,20-,25+,26+,27-,28+,29+,30+,31?,32?/m1/s1. The van der Waals surface area contributed by atoms with Crippen molar-refractivity contribution in [2.45, 2.75) is 110 Å². The fourth-order valence-corrected chi connectivity index (χ4v) is 5.73. The average Bonchev–Trinajstić information content (AvgIpc) is 3.00. The van der Waals surface area contributed by atoms with Gasteiger partial charge >= 0.3 is 18.0 Å². The highest BCUT2D eigenvalue weighted by atomic mass is 16.8. The van der Waals surface area contributed by atoms with E-state index in [9.17, 15) is 14.4 Å². The molecule has 2 unspecified atom stereocenters. The topological polar surface area (TPSA) is 151 Å². The molecule has 12 heteroatoms. The van der Waals surface area contributed by atoms with Gasteiger partial charge in [-0.1, -0.05) is 74.5 Å². The number of carbonyl (C=O) groups excluding carboxylic acids is 3. The third-order valence-corrected chi connectivity index (χ3v) is 7.83. The molecule has 2 aliphatic heterocycles. The molecule has 2 aliphatic rings. The van der Waals surface area contributed by atoms with E-state index in [1.54, 1.807) is 6.92 Å². The fourth-order valence-electron chi connectivity index (χ4n) is 5.73. The predicted molar refractivity (Wildman–Crippen MR) is 159 cm³/mol. The Balaban J connectivity index is 1.69. The van der Waals surface area contributed by atoms with Gasteiger partial charge in [0.25, 0.3) is 0 Å².